The van der Waals surface area contributed by atoms with Gasteiger partial charge in [0.2, 0.25) is 0 Å². The number of allylic oxidation sites excluding steroid dienone is 1. The lowest BCUT2D eigenvalue weighted by molar-refractivity contribution is -0.416. The number of nitro groups is 1. The molecule has 0 spiro atoms. The second-order valence-electron chi connectivity index (χ2n) is 6.23. The van der Waals surface area contributed by atoms with Gasteiger partial charge in [0.1, 0.15) is 6.21 Å². The highest BCUT2D eigenvalue weighted by Crippen LogP contribution is 2.21. The van der Waals surface area contributed by atoms with Crippen LogP contribution in [0.2, 0.25) is 0 Å². The van der Waals surface area contributed by atoms with Crippen molar-refractivity contribution in [1.29, 1.82) is 0 Å². The van der Waals surface area contributed by atoms with Crippen molar-refractivity contribution in [1.82, 2.24) is 15.2 Å². The number of aliphatic imine (C=N–C) groups is 1. The molecule has 1 atom stereocenters. The van der Waals surface area contributed by atoms with Crippen LogP contribution in [0.4, 0.5) is 5.69 Å². The fourth-order valence-electron chi connectivity index (χ4n) is 2.87. The molecule has 3 heterocycles. The smallest absolute Gasteiger partial charge is 0.327 e. The standard InChI is InChI=1S/C15H22N6O2/c1-10-3-5-20(6-4-10)15-17-9-13(21(22)23)14(19-15)18-12-7-11(2)16-8-12/h7-10,15-16,18-19H,3-6H2,1-2H3. The van der Waals surface area contributed by atoms with Gasteiger partial charge in [-0.05, 0) is 31.7 Å². The number of aromatic amines is 1. The first kappa shape index (κ1) is 15.5. The van der Waals surface area contributed by atoms with E-state index in [1.54, 1.807) is 6.20 Å². The van der Waals surface area contributed by atoms with Crippen molar-refractivity contribution in [2.24, 2.45) is 10.9 Å². The van der Waals surface area contributed by atoms with Gasteiger partial charge in [0, 0.05) is 25.0 Å². The summed E-state index contributed by atoms with van der Waals surface area (Å²) in [7, 11) is 0. The predicted octanol–water partition coefficient (Wildman–Crippen LogP) is 1.87. The summed E-state index contributed by atoms with van der Waals surface area (Å²) in [6.45, 7) is 6.07. The van der Waals surface area contributed by atoms with Crippen LogP contribution >= 0.6 is 0 Å². The molecule has 0 saturated carbocycles. The number of nitrogens with zero attached hydrogens (tertiary/aromatic N) is 3. The van der Waals surface area contributed by atoms with Crippen LogP contribution in [0.25, 0.3) is 0 Å². The quantitative estimate of drug-likeness (QED) is 0.581. The van der Waals surface area contributed by atoms with Crippen LogP contribution in [0.3, 0.4) is 0 Å². The van der Waals surface area contributed by atoms with Gasteiger partial charge >= 0.3 is 5.70 Å². The minimum absolute atomic E-state index is 0.0505. The zero-order valence-corrected chi connectivity index (χ0v) is 13.4. The summed E-state index contributed by atoms with van der Waals surface area (Å²) in [5, 5.41) is 17.5. The summed E-state index contributed by atoms with van der Waals surface area (Å²) >= 11 is 0. The molecule has 124 valence electrons. The van der Waals surface area contributed by atoms with Crippen molar-refractivity contribution in [3.05, 3.63) is 39.6 Å². The number of piperidine rings is 1. The lowest BCUT2D eigenvalue weighted by Gasteiger charge is -2.36. The van der Waals surface area contributed by atoms with Crippen molar-refractivity contribution in [2.75, 3.05) is 18.4 Å². The van der Waals surface area contributed by atoms with Crippen LogP contribution in [0.1, 0.15) is 25.5 Å². The molecule has 0 aromatic carbocycles. The van der Waals surface area contributed by atoms with E-state index >= 15 is 0 Å². The molecule has 3 rings (SSSR count). The Morgan fingerprint density at radius 2 is 2.17 bits per heavy atom. The molecule has 2 aliphatic rings. The third-order valence-corrected chi connectivity index (χ3v) is 4.33. The Kier molecular flexibility index (Phi) is 4.33. The Morgan fingerprint density at radius 1 is 1.43 bits per heavy atom. The van der Waals surface area contributed by atoms with Crippen LogP contribution in [0, 0.1) is 23.0 Å². The van der Waals surface area contributed by atoms with Crippen molar-refractivity contribution in [3.63, 3.8) is 0 Å². The fraction of sp³-hybridized carbons (Fsp3) is 0.533. The Morgan fingerprint density at radius 3 is 2.78 bits per heavy atom. The Hall–Kier alpha value is -2.35. The molecule has 2 aliphatic heterocycles. The number of rotatable bonds is 4. The highest BCUT2D eigenvalue weighted by Gasteiger charge is 2.29. The number of anilines is 1. The molecule has 1 unspecified atom stereocenters. The summed E-state index contributed by atoms with van der Waals surface area (Å²) in [5.74, 6) is 1.11. The molecule has 1 aromatic heterocycles. The maximum Gasteiger partial charge on any atom is 0.327 e. The fourth-order valence-corrected chi connectivity index (χ4v) is 2.87. The van der Waals surface area contributed by atoms with Gasteiger partial charge < -0.3 is 15.6 Å². The van der Waals surface area contributed by atoms with Gasteiger partial charge in [-0.3, -0.25) is 15.0 Å². The molecule has 23 heavy (non-hydrogen) atoms. The molecular weight excluding hydrogens is 296 g/mol. The van der Waals surface area contributed by atoms with E-state index in [0.29, 0.717) is 5.82 Å². The number of hydrogen-bond donors (Lipinski definition) is 3. The molecule has 1 aromatic rings. The number of aromatic nitrogens is 1. The van der Waals surface area contributed by atoms with Crippen LogP contribution < -0.4 is 10.6 Å². The molecule has 8 nitrogen and oxygen atoms in total. The normalized spacial score (nSPS) is 23.0. The topological polar surface area (TPSA) is 98.6 Å². The van der Waals surface area contributed by atoms with Crippen LogP contribution in [0.5, 0.6) is 0 Å². The summed E-state index contributed by atoms with van der Waals surface area (Å²) in [5.41, 5.74) is 1.72. The van der Waals surface area contributed by atoms with E-state index in [-0.39, 0.29) is 12.0 Å². The summed E-state index contributed by atoms with van der Waals surface area (Å²) in [4.78, 5) is 20.4. The average molecular weight is 318 g/mol. The first-order valence-corrected chi connectivity index (χ1v) is 7.87. The zero-order chi connectivity index (χ0) is 16.4. The van der Waals surface area contributed by atoms with Gasteiger partial charge in [-0.15, -0.1) is 0 Å². The molecule has 3 N–H and O–H groups in total. The minimum Gasteiger partial charge on any atom is -0.363 e. The summed E-state index contributed by atoms with van der Waals surface area (Å²) in [6, 6.07) is 1.90. The average Bonchev–Trinajstić information content (AvgIpc) is 2.93. The maximum absolute atomic E-state index is 11.2. The molecule has 0 bridgehead atoms. The van der Waals surface area contributed by atoms with Crippen molar-refractivity contribution in [3.8, 4) is 0 Å². The largest absolute Gasteiger partial charge is 0.363 e. The minimum atomic E-state index is -0.424. The highest BCUT2D eigenvalue weighted by atomic mass is 16.6. The lowest BCUT2D eigenvalue weighted by Crippen LogP contribution is -2.50. The van der Waals surface area contributed by atoms with Gasteiger partial charge in [-0.25, -0.2) is 4.99 Å². The van der Waals surface area contributed by atoms with Gasteiger partial charge in [0.25, 0.3) is 0 Å². The lowest BCUT2D eigenvalue weighted by atomic mass is 9.99. The molecule has 0 radical (unpaired) electrons. The Balaban J connectivity index is 1.75. The second kappa shape index (κ2) is 6.41. The van der Waals surface area contributed by atoms with Crippen LogP contribution in [-0.2, 0) is 0 Å². The SMILES string of the molecule is Cc1cc(NC2=C([N+](=O)[O-])C=NC(N3CCC(C)CC3)N2)c[nH]1. The van der Waals surface area contributed by atoms with Gasteiger partial charge in [-0.1, -0.05) is 6.92 Å². The van der Waals surface area contributed by atoms with E-state index < -0.39 is 4.92 Å². The number of likely N-dealkylation sites (tertiary alicyclic amines) is 1. The highest BCUT2D eigenvalue weighted by molar-refractivity contribution is 5.78. The van der Waals surface area contributed by atoms with Crippen LogP contribution in [0.15, 0.2) is 28.8 Å². The van der Waals surface area contributed by atoms with E-state index in [2.05, 4.69) is 32.4 Å². The number of nitrogens with one attached hydrogen (secondary N) is 3. The first-order chi connectivity index (χ1) is 11.0. The molecule has 8 heteroatoms. The third kappa shape index (κ3) is 3.53. The second-order valence-corrected chi connectivity index (χ2v) is 6.23. The molecule has 0 amide bonds. The Labute approximate surface area is 134 Å². The van der Waals surface area contributed by atoms with E-state index in [4.69, 9.17) is 0 Å². The van der Waals surface area contributed by atoms with Crippen LogP contribution in [-0.4, -0.2) is 40.4 Å². The van der Waals surface area contributed by atoms with E-state index in [0.717, 1.165) is 43.2 Å². The zero-order valence-electron chi connectivity index (χ0n) is 13.4. The monoisotopic (exact) mass is 318 g/mol. The van der Waals surface area contributed by atoms with Crippen molar-refractivity contribution in [2.45, 2.75) is 33.0 Å². The Bertz CT molecular complexity index is 642. The summed E-state index contributed by atoms with van der Waals surface area (Å²) < 4.78 is 0. The van der Waals surface area contributed by atoms with Gasteiger partial charge in [0.15, 0.2) is 12.1 Å². The predicted molar refractivity (Wildman–Crippen MR) is 88.6 cm³/mol. The number of aryl methyl sites for hydroxylation is 1. The van der Waals surface area contributed by atoms with Gasteiger partial charge in [-0.2, -0.15) is 0 Å². The number of hydrogen-bond acceptors (Lipinski definition) is 6. The maximum atomic E-state index is 11.2. The van der Waals surface area contributed by atoms with Crippen molar-refractivity contribution < 1.29 is 4.92 Å². The molecule has 1 fully saturated rings. The van der Waals surface area contributed by atoms with Gasteiger partial charge in [0.05, 0.1) is 10.6 Å². The van der Waals surface area contributed by atoms with E-state index in [1.165, 1.54) is 6.21 Å². The molecule has 1 saturated heterocycles. The molecular formula is C15H22N6O2. The summed E-state index contributed by atoms with van der Waals surface area (Å²) in [6.07, 6.45) is 5.12. The third-order valence-electron chi connectivity index (χ3n) is 4.33. The van der Waals surface area contributed by atoms with Crippen molar-refractivity contribution >= 4 is 11.9 Å². The molecule has 0 aliphatic carbocycles. The number of H-pyrrole nitrogens is 1. The van der Waals surface area contributed by atoms with E-state index in [1.807, 2.05) is 13.0 Å². The van der Waals surface area contributed by atoms with E-state index in [9.17, 15) is 10.1 Å². The first-order valence-electron chi connectivity index (χ1n) is 7.87.